The summed E-state index contributed by atoms with van der Waals surface area (Å²) in [5, 5.41) is 29.1. The van der Waals surface area contributed by atoms with Gasteiger partial charge in [-0.05, 0) is 0 Å². The first-order chi connectivity index (χ1) is 10.4. The third-order valence-electron chi connectivity index (χ3n) is 4.34. The van der Waals surface area contributed by atoms with Crippen molar-refractivity contribution in [2.45, 2.75) is 36.7 Å². The third kappa shape index (κ3) is 1.92. The molecular weight excluding hydrogens is 296 g/mol. The van der Waals surface area contributed by atoms with Gasteiger partial charge in [-0.3, -0.25) is 9.69 Å². The number of hydrogen-bond acceptors (Lipinski definition) is 8. The molecule has 6 atom stereocenters. The van der Waals surface area contributed by atoms with E-state index in [0.717, 1.165) is 4.90 Å². The molecule has 10 nitrogen and oxygen atoms in total. The molecule has 0 bridgehead atoms. The highest BCUT2D eigenvalue weighted by Gasteiger charge is 2.54. The molecule has 3 N–H and O–H groups in total. The second-order valence-corrected chi connectivity index (χ2v) is 5.59. The van der Waals surface area contributed by atoms with Crippen LogP contribution in [-0.2, 0) is 9.53 Å². The zero-order valence-corrected chi connectivity index (χ0v) is 12.1. The first-order valence-electron chi connectivity index (χ1n) is 6.86. The van der Waals surface area contributed by atoms with Crippen LogP contribution in [0, 0.1) is 0 Å². The highest BCUT2D eigenvalue weighted by atomic mass is 16.6. The number of urea groups is 1. The lowest BCUT2D eigenvalue weighted by atomic mass is 10.1. The van der Waals surface area contributed by atoms with Gasteiger partial charge in [0.15, 0.2) is 18.4 Å². The van der Waals surface area contributed by atoms with Crippen molar-refractivity contribution in [3.05, 3.63) is 0 Å². The number of fused-ring (bicyclic) bond motifs is 1. The molecule has 3 rings (SSSR count). The normalized spacial score (nSPS) is 41.6. The Hall–Kier alpha value is -1.75. The summed E-state index contributed by atoms with van der Waals surface area (Å²) in [6.45, 7) is -0.458. The minimum Gasteiger partial charge on any atom is -0.394 e. The molecule has 0 spiro atoms. The van der Waals surface area contributed by atoms with Crippen LogP contribution >= 0.6 is 0 Å². The van der Waals surface area contributed by atoms with Crippen LogP contribution in [0.1, 0.15) is 0 Å². The average molecular weight is 314 g/mol. The van der Waals surface area contributed by atoms with E-state index in [2.05, 4.69) is 4.99 Å². The fraction of sp³-hybridized carbons (Fsp3) is 0.750. The summed E-state index contributed by atoms with van der Waals surface area (Å²) in [5.41, 5.74) is 0. The van der Waals surface area contributed by atoms with Gasteiger partial charge in [0.2, 0.25) is 0 Å². The third-order valence-corrected chi connectivity index (χ3v) is 4.34. The summed E-state index contributed by atoms with van der Waals surface area (Å²) in [5.74, 6) is -0.469. The molecule has 122 valence electrons. The van der Waals surface area contributed by atoms with Crippen molar-refractivity contribution in [1.82, 2.24) is 14.7 Å². The lowest BCUT2D eigenvalue weighted by Gasteiger charge is -2.41. The number of nitrogens with zero attached hydrogens (tertiary/aromatic N) is 4. The number of rotatable bonds is 2. The lowest BCUT2D eigenvalue weighted by Crippen LogP contribution is -2.65. The van der Waals surface area contributed by atoms with Crippen LogP contribution in [0.2, 0.25) is 0 Å². The van der Waals surface area contributed by atoms with Gasteiger partial charge in [-0.2, -0.15) is 0 Å². The van der Waals surface area contributed by atoms with Gasteiger partial charge in [0.25, 0.3) is 5.91 Å². The van der Waals surface area contributed by atoms with Gasteiger partial charge < -0.3 is 29.9 Å². The fourth-order valence-corrected chi connectivity index (χ4v) is 3.01. The molecule has 3 heterocycles. The van der Waals surface area contributed by atoms with Crippen molar-refractivity contribution in [2.24, 2.45) is 4.99 Å². The first-order valence-corrected chi connectivity index (χ1v) is 6.86. The Bertz CT molecular complexity index is 528. The van der Waals surface area contributed by atoms with E-state index in [9.17, 15) is 19.8 Å². The van der Waals surface area contributed by atoms with Crippen LogP contribution in [0.5, 0.6) is 0 Å². The molecule has 3 aliphatic rings. The molecule has 3 amide bonds. The van der Waals surface area contributed by atoms with Crippen molar-refractivity contribution < 1.29 is 29.6 Å². The maximum atomic E-state index is 12.4. The van der Waals surface area contributed by atoms with E-state index in [-0.39, 0.29) is 0 Å². The molecule has 0 aliphatic carbocycles. The number of aliphatic imine (C=N–C) groups is 1. The van der Waals surface area contributed by atoms with Gasteiger partial charge in [0, 0.05) is 14.1 Å². The SMILES string of the molecule is CN1C(=O)[C@@H]2[C@H](N=CN2[C@@H]2O[C@H](CO)[C@H](O)[C@@H]2O)N(C)C1=O. The van der Waals surface area contributed by atoms with Crippen molar-refractivity contribution in [3.8, 4) is 0 Å². The van der Waals surface area contributed by atoms with Crippen LogP contribution in [-0.4, -0.2) is 106 Å². The van der Waals surface area contributed by atoms with Crippen molar-refractivity contribution in [1.29, 1.82) is 0 Å². The molecule has 10 heteroatoms. The molecule has 0 aromatic rings. The summed E-state index contributed by atoms with van der Waals surface area (Å²) in [6.07, 6.45) is -3.91. The van der Waals surface area contributed by atoms with Gasteiger partial charge in [-0.15, -0.1) is 0 Å². The number of imide groups is 1. The lowest BCUT2D eigenvalue weighted by molar-refractivity contribution is -0.144. The number of likely N-dealkylation sites (N-methyl/N-ethyl adjacent to an activating group) is 2. The van der Waals surface area contributed by atoms with Gasteiger partial charge in [0.05, 0.1) is 12.9 Å². The summed E-state index contributed by atoms with van der Waals surface area (Å²) in [4.78, 5) is 32.1. The van der Waals surface area contributed by atoms with Gasteiger partial charge in [-0.25, -0.2) is 9.79 Å². The number of amides is 3. The quantitative estimate of drug-likeness (QED) is 0.495. The number of ether oxygens (including phenoxy) is 1. The molecule has 0 unspecified atom stereocenters. The van der Waals surface area contributed by atoms with Gasteiger partial charge in [0.1, 0.15) is 18.3 Å². The Balaban J connectivity index is 1.87. The van der Waals surface area contributed by atoms with Gasteiger partial charge >= 0.3 is 6.03 Å². The predicted molar refractivity (Wildman–Crippen MR) is 71.6 cm³/mol. The fourth-order valence-electron chi connectivity index (χ4n) is 3.01. The van der Waals surface area contributed by atoms with Crippen LogP contribution in [0.25, 0.3) is 0 Å². The number of carbonyl (C=O) groups excluding carboxylic acids is 2. The summed E-state index contributed by atoms with van der Waals surface area (Å²) in [6, 6.07) is -1.30. The van der Waals surface area contributed by atoms with Crippen molar-refractivity contribution >= 4 is 18.3 Å². The minimum atomic E-state index is -1.30. The monoisotopic (exact) mass is 314 g/mol. The molecule has 0 aromatic carbocycles. The van der Waals surface area contributed by atoms with E-state index in [0.29, 0.717) is 0 Å². The number of carbonyl (C=O) groups is 2. The highest BCUT2D eigenvalue weighted by Crippen LogP contribution is 2.31. The molecular formula is C12H18N4O6. The van der Waals surface area contributed by atoms with E-state index in [1.54, 1.807) is 0 Å². The number of hydrogen-bond donors (Lipinski definition) is 3. The van der Waals surface area contributed by atoms with Gasteiger partial charge in [-0.1, -0.05) is 0 Å². The van der Waals surface area contributed by atoms with Crippen molar-refractivity contribution in [3.63, 3.8) is 0 Å². The van der Waals surface area contributed by atoms with Crippen LogP contribution in [0.15, 0.2) is 4.99 Å². The van der Waals surface area contributed by atoms with E-state index >= 15 is 0 Å². The molecule has 22 heavy (non-hydrogen) atoms. The van der Waals surface area contributed by atoms with E-state index in [4.69, 9.17) is 9.84 Å². The Morgan fingerprint density at radius 1 is 1.27 bits per heavy atom. The maximum Gasteiger partial charge on any atom is 0.328 e. The molecule has 0 saturated carbocycles. The predicted octanol–water partition coefficient (Wildman–Crippen LogP) is -3.01. The highest BCUT2D eigenvalue weighted by molar-refractivity contribution is 6.01. The first kappa shape index (κ1) is 15.2. The molecule has 2 saturated heterocycles. The maximum absolute atomic E-state index is 12.4. The van der Waals surface area contributed by atoms with E-state index < -0.39 is 55.3 Å². The largest absolute Gasteiger partial charge is 0.394 e. The van der Waals surface area contributed by atoms with Crippen LogP contribution < -0.4 is 0 Å². The summed E-state index contributed by atoms with van der Waals surface area (Å²) < 4.78 is 5.42. The number of aliphatic hydroxyl groups excluding tert-OH is 3. The smallest absolute Gasteiger partial charge is 0.328 e. The Morgan fingerprint density at radius 3 is 2.55 bits per heavy atom. The zero-order chi connectivity index (χ0) is 16.2. The summed E-state index contributed by atoms with van der Waals surface area (Å²) >= 11 is 0. The Labute approximate surface area is 126 Å². The molecule has 0 aromatic heterocycles. The summed E-state index contributed by atoms with van der Waals surface area (Å²) in [7, 11) is 2.90. The second kappa shape index (κ2) is 5.16. The molecule has 0 radical (unpaired) electrons. The molecule has 3 aliphatic heterocycles. The average Bonchev–Trinajstić information content (AvgIpc) is 3.06. The second-order valence-electron chi connectivity index (χ2n) is 5.59. The standard InChI is InChI=1S/C12H18N4O6/c1-14-9-6(10(20)15(2)12(14)21)16(4-13-9)11-8(19)7(18)5(3-17)22-11/h4-9,11,17-19H,3H2,1-2H3/t5-,6+,7+,8+,9-,11-/m1/s1. The Kier molecular flexibility index (Phi) is 3.56. The zero-order valence-electron chi connectivity index (χ0n) is 12.1. The number of aliphatic hydroxyl groups is 3. The van der Waals surface area contributed by atoms with E-state index in [1.165, 1.54) is 30.2 Å². The van der Waals surface area contributed by atoms with Crippen LogP contribution in [0.4, 0.5) is 4.79 Å². The van der Waals surface area contributed by atoms with E-state index in [1.807, 2.05) is 0 Å². The van der Waals surface area contributed by atoms with Crippen LogP contribution in [0.3, 0.4) is 0 Å². The molecule has 2 fully saturated rings. The Morgan fingerprint density at radius 2 is 1.95 bits per heavy atom. The van der Waals surface area contributed by atoms with Crippen molar-refractivity contribution in [2.75, 3.05) is 20.7 Å². The topological polar surface area (TPSA) is 126 Å². The minimum absolute atomic E-state index is 0.458.